The summed E-state index contributed by atoms with van der Waals surface area (Å²) in [7, 11) is -3.36. The fourth-order valence-electron chi connectivity index (χ4n) is 1.09. The van der Waals surface area contributed by atoms with E-state index in [4.69, 9.17) is 0 Å². The third-order valence-corrected chi connectivity index (χ3v) is 4.42. The quantitative estimate of drug-likeness (QED) is 0.810. The second-order valence-electron chi connectivity index (χ2n) is 3.42. The molecule has 6 heteroatoms. The number of hydrogen-bond donors (Lipinski definition) is 1. The van der Waals surface area contributed by atoms with E-state index in [1.165, 1.54) is 0 Å². The second kappa shape index (κ2) is 6.14. The van der Waals surface area contributed by atoms with Crippen molar-refractivity contribution >= 4 is 41.9 Å². The Bertz CT molecular complexity index is 429. The molecule has 0 aromatic heterocycles. The summed E-state index contributed by atoms with van der Waals surface area (Å²) in [6, 6.07) is 6.57. The molecule has 0 spiro atoms. The molecule has 1 unspecified atom stereocenters. The molecule has 1 aromatic carbocycles. The topological polar surface area (TPSA) is 46.2 Å². The normalized spacial score (nSPS) is 13.7. The van der Waals surface area contributed by atoms with Crippen molar-refractivity contribution in [1.29, 1.82) is 0 Å². The Labute approximate surface area is 113 Å². The van der Waals surface area contributed by atoms with Crippen LogP contribution in [0.25, 0.3) is 0 Å². The molecule has 0 radical (unpaired) electrons. The molecule has 0 heterocycles. The van der Waals surface area contributed by atoms with Crippen molar-refractivity contribution in [2.24, 2.45) is 0 Å². The minimum absolute atomic E-state index is 0.290. The van der Waals surface area contributed by atoms with E-state index in [0.29, 0.717) is 11.4 Å². The van der Waals surface area contributed by atoms with E-state index >= 15 is 0 Å². The molecule has 1 aromatic rings. The molecule has 1 N–H and O–H groups in total. The van der Waals surface area contributed by atoms with Crippen LogP contribution in [0, 0.1) is 0 Å². The Morgan fingerprint density at radius 3 is 2.38 bits per heavy atom. The monoisotopic (exact) mass is 369 g/mol. The van der Waals surface area contributed by atoms with E-state index in [2.05, 4.69) is 36.6 Å². The highest BCUT2D eigenvalue weighted by Crippen LogP contribution is 2.14. The highest BCUT2D eigenvalue weighted by atomic mass is 79.9. The van der Waals surface area contributed by atoms with Gasteiger partial charge in [-0.3, -0.25) is 0 Å². The number of sulfonamides is 1. The average Bonchev–Trinajstić information content (AvgIpc) is 2.17. The molecule has 16 heavy (non-hydrogen) atoms. The van der Waals surface area contributed by atoms with Crippen molar-refractivity contribution in [1.82, 2.24) is 4.72 Å². The van der Waals surface area contributed by atoms with Gasteiger partial charge in [-0.15, -0.1) is 0 Å². The first-order valence-corrected chi connectivity index (χ1v) is 8.00. The molecule has 1 rings (SSSR count). The molecule has 3 nitrogen and oxygen atoms in total. The second-order valence-corrected chi connectivity index (χ2v) is 7.67. The van der Waals surface area contributed by atoms with Crippen LogP contribution < -0.4 is 4.72 Å². The zero-order valence-electron chi connectivity index (χ0n) is 8.78. The van der Waals surface area contributed by atoms with E-state index < -0.39 is 10.0 Å². The third-order valence-electron chi connectivity index (χ3n) is 1.96. The first kappa shape index (κ1) is 14.2. The molecule has 90 valence electrons. The van der Waals surface area contributed by atoms with Gasteiger partial charge >= 0.3 is 0 Å². The number of rotatable bonds is 5. The minimum atomic E-state index is -3.36. The van der Waals surface area contributed by atoms with Crippen molar-refractivity contribution < 1.29 is 8.42 Å². The molecule has 0 aliphatic heterocycles. The summed E-state index contributed by atoms with van der Waals surface area (Å²) in [6.45, 7) is 2.42. The Balaban J connectivity index is 2.67. The van der Waals surface area contributed by atoms with Gasteiger partial charge < -0.3 is 0 Å². The fourth-order valence-corrected chi connectivity index (χ4v) is 2.63. The lowest BCUT2D eigenvalue weighted by molar-refractivity contribution is 0.579. The summed E-state index contributed by atoms with van der Waals surface area (Å²) >= 11 is 6.63. The van der Waals surface area contributed by atoms with Gasteiger partial charge in [-0.2, -0.15) is 0 Å². The smallest absolute Gasteiger partial charge is 0.211 e. The molecule has 0 saturated carbocycles. The van der Waals surface area contributed by atoms with Crippen LogP contribution >= 0.6 is 31.9 Å². The van der Waals surface area contributed by atoms with Crippen molar-refractivity contribution in [2.45, 2.75) is 23.1 Å². The highest BCUT2D eigenvalue weighted by Gasteiger charge is 2.12. The van der Waals surface area contributed by atoms with Crippen molar-refractivity contribution in [3.63, 3.8) is 0 Å². The van der Waals surface area contributed by atoms with Crippen LogP contribution in [0.15, 0.2) is 33.6 Å². The van der Waals surface area contributed by atoms with Crippen LogP contribution in [0.5, 0.6) is 0 Å². The Kier molecular flexibility index (Phi) is 5.43. The predicted molar refractivity (Wildman–Crippen MR) is 72.3 cm³/mol. The van der Waals surface area contributed by atoms with Crippen molar-refractivity contribution in [2.75, 3.05) is 6.54 Å². The summed E-state index contributed by atoms with van der Waals surface area (Å²) in [5.41, 5.74) is 0. The van der Waals surface area contributed by atoms with Crippen LogP contribution in [0.3, 0.4) is 0 Å². The van der Waals surface area contributed by atoms with Gasteiger partial charge in [-0.1, -0.05) is 38.8 Å². The standard InChI is InChI=1S/C10H13Br2NO2S/c1-8(11)6-7-13-16(14,15)10-4-2-9(12)3-5-10/h2-5,8,13H,6-7H2,1H3. The molecule has 1 atom stereocenters. The maximum absolute atomic E-state index is 11.8. The van der Waals surface area contributed by atoms with Crippen LogP contribution in [-0.2, 0) is 10.0 Å². The summed E-state index contributed by atoms with van der Waals surface area (Å²) in [6.07, 6.45) is 0.760. The molecule has 0 aliphatic rings. The maximum Gasteiger partial charge on any atom is 0.240 e. The summed E-state index contributed by atoms with van der Waals surface area (Å²) in [5, 5.41) is 0. The lowest BCUT2D eigenvalue weighted by Crippen LogP contribution is -2.25. The van der Waals surface area contributed by atoms with Crippen LogP contribution in [0.4, 0.5) is 0 Å². The molecule has 0 aliphatic carbocycles. The first-order chi connectivity index (χ1) is 7.42. The summed E-state index contributed by atoms with van der Waals surface area (Å²) in [4.78, 5) is 0.595. The minimum Gasteiger partial charge on any atom is -0.211 e. The van der Waals surface area contributed by atoms with Gasteiger partial charge in [0.25, 0.3) is 0 Å². The highest BCUT2D eigenvalue weighted by molar-refractivity contribution is 9.10. The zero-order chi connectivity index (χ0) is 12.2. The van der Waals surface area contributed by atoms with Gasteiger partial charge in [0.05, 0.1) is 4.90 Å². The maximum atomic E-state index is 11.8. The number of hydrogen-bond acceptors (Lipinski definition) is 2. The lowest BCUT2D eigenvalue weighted by Gasteiger charge is -2.07. The molecular formula is C10H13Br2NO2S. The summed E-state index contributed by atoms with van der Waals surface area (Å²) < 4.78 is 27.0. The van der Waals surface area contributed by atoms with Gasteiger partial charge in [0.1, 0.15) is 0 Å². The SMILES string of the molecule is CC(Br)CCNS(=O)(=O)c1ccc(Br)cc1. The van der Waals surface area contributed by atoms with E-state index in [9.17, 15) is 8.42 Å². The number of halogens is 2. The van der Waals surface area contributed by atoms with Gasteiger partial charge in [0.2, 0.25) is 10.0 Å². The van der Waals surface area contributed by atoms with Crippen LogP contribution in [0.1, 0.15) is 13.3 Å². The number of benzene rings is 1. The van der Waals surface area contributed by atoms with Crippen LogP contribution in [-0.4, -0.2) is 19.8 Å². The van der Waals surface area contributed by atoms with Crippen LogP contribution in [0.2, 0.25) is 0 Å². The van der Waals surface area contributed by atoms with Gasteiger partial charge in [0, 0.05) is 15.8 Å². The largest absolute Gasteiger partial charge is 0.240 e. The Morgan fingerprint density at radius 1 is 1.31 bits per heavy atom. The zero-order valence-corrected chi connectivity index (χ0v) is 12.8. The van der Waals surface area contributed by atoms with Crippen molar-refractivity contribution in [3.05, 3.63) is 28.7 Å². The molecular weight excluding hydrogens is 358 g/mol. The Morgan fingerprint density at radius 2 is 1.88 bits per heavy atom. The van der Waals surface area contributed by atoms with Gasteiger partial charge in [-0.05, 0) is 30.7 Å². The van der Waals surface area contributed by atoms with E-state index in [0.717, 1.165) is 10.9 Å². The average molecular weight is 371 g/mol. The predicted octanol–water partition coefficient (Wildman–Crippen LogP) is 2.90. The number of alkyl halides is 1. The van der Waals surface area contributed by atoms with E-state index in [1.54, 1.807) is 24.3 Å². The fraction of sp³-hybridized carbons (Fsp3) is 0.400. The Hall–Kier alpha value is 0.0900. The molecule has 0 fully saturated rings. The van der Waals surface area contributed by atoms with Crippen molar-refractivity contribution in [3.8, 4) is 0 Å². The van der Waals surface area contributed by atoms with Gasteiger partial charge in [-0.25, -0.2) is 13.1 Å². The molecule has 0 amide bonds. The van der Waals surface area contributed by atoms with E-state index in [-0.39, 0.29) is 4.90 Å². The van der Waals surface area contributed by atoms with Gasteiger partial charge in [0.15, 0.2) is 0 Å². The third kappa shape index (κ3) is 4.53. The molecule has 0 bridgehead atoms. The summed E-state index contributed by atoms with van der Waals surface area (Å²) in [5.74, 6) is 0. The molecule has 0 saturated heterocycles. The first-order valence-electron chi connectivity index (χ1n) is 4.81. The lowest BCUT2D eigenvalue weighted by atomic mass is 10.3. The van der Waals surface area contributed by atoms with E-state index in [1.807, 2.05) is 6.92 Å². The number of nitrogens with one attached hydrogen (secondary N) is 1.